The van der Waals surface area contributed by atoms with Crippen LogP contribution in [0, 0.1) is 0 Å². The summed E-state index contributed by atoms with van der Waals surface area (Å²) >= 11 is 1.41. The molecule has 2 amide bonds. The summed E-state index contributed by atoms with van der Waals surface area (Å²) < 4.78 is 1.44. The van der Waals surface area contributed by atoms with Crippen molar-refractivity contribution in [3.8, 4) is 0 Å². The van der Waals surface area contributed by atoms with Gasteiger partial charge in [-0.25, -0.2) is 4.98 Å². The second-order valence-corrected chi connectivity index (χ2v) is 7.62. The molecule has 0 unspecified atom stereocenters. The first-order chi connectivity index (χ1) is 13.6. The predicted octanol–water partition coefficient (Wildman–Crippen LogP) is 2.72. The lowest BCUT2D eigenvalue weighted by Crippen LogP contribution is -2.29. The number of aromatic nitrogens is 2. The number of rotatable bonds is 5. The van der Waals surface area contributed by atoms with Crippen molar-refractivity contribution < 1.29 is 9.59 Å². The number of carbonyl (C=O) groups excluding carboxylic acids is 2. The Bertz CT molecular complexity index is 1080. The van der Waals surface area contributed by atoms with Crippen LogP contribution in [0.4, 0.5) is 5.69 Å². The highest BCUT2D eigenvalue weighted by atomic mass is 32.1. The van der Waals surface area contributed by atoms with Gasteiger partial charge in [0.2, 0.25) is 5.91 Å². The molecule has 8 heteroatoms. The Morgan fingerprint density at radius 3 is 2.75 bits per heavy atom. The van der Waals surface area contributed by atoms with Crippen LogP contribution in [0.15, 0.2) is 46.8 Å². The maximum Gasteiger partial charge on any atom is 0.262 e. The molecule has 2 aromatic heterocycles. The number of nitrogens with zero attached hydrogens (tertiary/aromatic N) is 3. The fourth-order valence-electron chi connectivity index (χ4n) is 3.36. The minimum absolute atomic E-state index is 0.0586. The van der Waals surface area contributed by atoms with Gasteiger partial charge in [-0.15, -0.1) is 11.3 Å². The Morgan fingerprint density at radius 2 is 1.93 bits per heavy atom. The van der Waals surface area contributed by atoms with Crippen molar-refractivity contribution in [2.24, 2.45) is 0 Å². The van der Waals surface area contributed by atoms with E-state index in [1.165, 1.54) is 22.2 Å². The maximum atomic E-state index is 12.7. The first kappa shape index (κ1) is 18.4. The quantitative estimate of drug-likeness (QED) is 0.719. The number of fused-ring (bicyclic) bond motifs is 1. The Kier molecular flexibility index (Phi) is 5.21. The van der Waals surface area contributed by atoms with Crippen molar-refractivity contribution in [3.05, 3.63) is 58.0 Å². The van der Waals surface area contributed by atoms with Crippen LogP contribution in [-0.2, 0) is 11.3 Å². The number of hydrogen-bond acceptors (Lipinski definition) is 5. The van der Waals surface area contributed by atoms with Crippen LogP contribution in [0.1, 0.15) is 29.6 Å². The average molecular weight is 396 g/mol. The van der Waals surface area contributed by atoms with E-state index in [9.17, 15) is 14.4 Å². The van der Waals surface area contributed by atoms with E-state index in [0.29, 0.717) is 21.5 Å². The van der Waals surface area contributed by atoms with Crippen LogP contribution >= 0.6 is 11.3 Å². The molecular weight excluding hydrogens is 376 g/mol. The van der Waals surface area contributed by atoms with Crippen molar-refractivity contribution >= 4 is 39.1 Å². The van der Waals surface area contributed by atoms with Gasteiger partial charge in [-0.1, -0.05) is 12.1 Å². The molecule has 0 bridgehead atoms. The molecule has 0 saturated carbocycles. The van der Waals surface area contributed by atoms with Gasteiger partial charge in [0.1, 0.15) is 4.83 Å². The second-order valence-electron chi connectivity index (χ2n) is 6.73. The Labute approximate surface area is 165 Å². The van der Waals surface area contributed by atoms with Crippen LogP contribution in [0.5, 0.6) is 0 Å². The van der Waals surface area contributed by atoms with E-state index in [1.54, 1.807) is 30.3 Å². The van der Waals surface area contributed by atoms with Gasteiger partial charge in [-0.2, -0.15) is 0 Å². The molecule has 1 aliphatic heterocycles. The van der Waals surface area contributed by atoms with Crippen molar-refractivity contribution in [2.45, 2.75) is 25.8 Å². The van der Waals surface area contributed by atoms with Gasteiger partial charge in [0.25, 0.3) is 11.5 Å². The standard InChI is InChI=1S/C20H20N4O3S/c25-17(7-11-24-13-21-18-15(20(24)27)8-12-28-18)22-16-6-2-1-5-14(16)19(26)23-9-3-4-10-23/h1-2,5-6,8,12-13H,3-4,7,9-11H2,(H,22,25). The Morgan fingerprint density at radius 1 is 1.14 bits per heavy atom. The van der Waals surface area contributed by atoms with E-state index in [4.69, 9.17) is 0 Å². The van der Waals surface area contributed by atoms with E-state index in [0.717, 1.165) is 25.9 Å². The minimum atomic E-state index is -0.251. The number of amides is 2. The van der Waals surface area contributed by atoms with Crippen LogP contribution in [0.2, 0.25) is 0 Å². The molecule has 4 rings (SSSR count). The third kappa shape index (κ3) is 3.68. The highest BCUT2D eigenvalue weighted by molar-refractivity contribution is 7.16. The zero-order valence-electron chi connectivity index (χ0n) is 15.3. The highest BCUT2D eigenvalue weighted by Crippen LogP contribution is 2.20. The number of hydrogen-bond donors (Lipinski definition) is 1. The smallest absolute Gasteiger partial charge is 0.262 e. The van der Waals surface area contributed by atoms with Gasteiger partial charge < -0.3 is 10.2 Å². The predicted molar refractivity (Wildman–Crippen MR) is 109 cm³/mol. The second kappa shape index (κ2) is 7.93. The largest absolute Gasteiger partial charge is 0.339 e. The third-order valence-corrected chi connectivity index (χ3v) is 5.68. The van der Waals surface area contributed by atoms with E-state index in [2.05, 4.69) is 10.3 Å². The number of nitrogens with one attached hydrogen (secondary N) is 1. The SMILES string of the molecule is O=C(CCn1cnc2sccc2c1=O)Nc1ccccc1C(=O)N1CCCC1. The third-order valence-electron chi connectivity index (χ3n) is 4.86. The number of anilines is 1. The van der Waals surface area contributed by atoms with Gasteiger partial charge in [-0.05, 0) is 36.4 Å². The van der Waals surface area contributed by atoms with Crippen LogP contribution in [-0.4, -0.2) is 39.4 Å². The Balaban J connectivity index is 1.44. The molecular formula is C20H20N4O3S. The molecule has 1 aliphatic rings. The number of carbonyl (C=O) groups is 2. The number of aryl methyl sites for hydroxylation is 1. The Hall–Kier alpha value is -3.00. The molecule has 1 aromatic carbocycles. The molecule has 7 nitrogen and oxygen atoms in total. The van der Waals surface area contributed by atoms with E-state index in [-0.39, 0.29) is 30.3 Å². The normalized spacial score (nSPS) is 13.8. The molecule has 3 aromatic rings. The molecule has 1 saturated heterocycles. The first-order valence-electron chi connectivity index (χ1n) is 9.24. The fourth-order valence-corrected chi connectivity index (χ4v) is 4.08. The summed E-state index contributed by atoms with van der Waals surface area (Å²) in [7, 11) is 0. The van der Waals surface area contributed by atoms with Gasteiger partial charge in [0, 0.05) is 26.1 Å². The zero-order chi connectivity index (χ0) is 19.5. The molecule has 144 valence electrons. The summed E-state index contributed by atoms with van der Waals surface area (Å²) in [6, 6.07) is 8.78. The summed E-state index contributed by atoms with van der Waals surface area (Å²) in [6.07, 6.45) is 3.61. The molecule has 0 atom stereocenters. The monoisotopic (exact) mass is 396 g/mol. The molecule has 1 fully saturated rings. The van der Waals surface area contributed by atoms with E-state index in [1.807, 2.05) is 10.3 Å². The fraction of sp³-hybridized carbons (Fsp3) is 0.300. The van der Waals surface area contributed by atoms with Gasteiger partial charge in [0.15, 0.2) is 0 Å². The van der Waals surface area contributed by atoms with Crippen molar-refractivity contribution in [1.29, 1.82) is 0 Å². The number of para-hydroxylation sites is 1. The lowest BCUT2D eigenvalue weighted by atomic mass is 10.1. The number of likely N-dealkylation sites (tertiary alicyclic amines) is 1. The van der Waals surface area contributed by atoms with Gasteiger partial charge >= 0.3 is 0 Å². The summed E-state index contributed by atoms with van der Waals surface area (Å²) in [5.74, 6) is -0.310. The topological polar surface area (TPSA) is 84.3 Å². The summed E-state index contributed by atoms with van der Waals surface area (Å²) in [5, 5.41) is 5.20. The van der Waals surface area contributed by atoms with Crippen LogP contribution < -0.4 is 10.9 Å². The van der Waals surface area contributed by atoms with Crippen LogP contribution in [0.3, 0.4) is 0 Å². The lowest BCUT2D eigenvalue weighted by molar-refractivity contribution is -0.116. The number of benzene rings is 1. The first-order valence-corrected chi connectivity index (χ1v) is 10.1. The highest BCUT2D eigenvalue weighted by Gasteiger charge is 2.22. The molecule has 0 radical (unpaired) electrons. The zero-order valence-corrected chi connectivity index (χ0v) is 16.1. The van der Waals surface area contributed by atoms with Gasteiger partial charge in [0.05, 0.1) is 23.0 Å². The van der Waals surface area contributed by atoms with Crippen molar-refractivity contribution in [2.75, 3.05) is 18.4 Å². The summed E-state index contributed by atoms with van der Waals surface area (Å²) in [5.41, 5.74) is 0.850. The molecule has 0 spiro atoms. The minimum Gasteiger partial charge on any atom is -0.339 e. The summed E-state index contributed by atoms with van der Waals surface area (Å²) in [4.78, 5) is 44.3. The van der Waals surface area contributed by atoms with Crippen LogP contribution in [0.25, 0.3) is 10.2 Å². The van der Waals surface area contributed by atoms with Gasteiger partial charge in [-0.3, -0.25) is 19.0 Å². The van der Waals surface area contributed by atoms with Crippen molar-refractivity contribution in [1.82, 2.24) is 14.5 Å². The lowest BCUT2D eigenvalue weighted by Gasteiger charge is -2.18. The number of thiophene rings is 1. The molecule has 28 heavy (non-hydrogen) atoms. The maximum absolute atomic E-state index is 12.7. The average Bonchev–Trinajstić information content (AvgIpc) is 3.39. The van der Waals surface area contributed by atoms with E-state index < -0.39 is 0 Å². The molecule has 3 heterocycles. The molecule has 0 aliphatic carbocycles. The molecule has 1 N–H and O–H groups in total. The summed E-state index contributed by atoms with van der Waals surface area (Å²) in [6.45, 7) is 1.73. The van der Waals surface area contributed by atoms with Crippen molar-refractivity contribution in [3.63, 3.8) is 0 Å². The van der Waals surface area contributed by atoms with E-state index >= 15 is 0 Å².